The van der Waals surface area contributed by atoms with Gasteiger partial charge in [0.1, 0.15) is 0 Å². The van der Waals surface area contributed by atoms with E-state index >= 15 is 0 Å². The second-order valence-corrected chi connectivity index (χ2v) is 5.61. The Balaban J connectivity index is 1.86. The van der Waals surface area contributed by atoms with E-state index in [1.807, 2.05) is 31.2 Å². The van der Waals surface area contributed by atoms with Crippen molar-refractivity contribution in [3.8, 4) is 0 Å². The average Bonchev–Trinajstić information content (AvgIpc) is 2.55. The van der Waals surface area contributed by atoms with Gasteiger partial charge in [-0.1, -0.05) is 42.5 Å². The largest absolute Gasteiger partial charge is 0.433 e. The molecule has 24 heavy (non-hydrogen) atoms. The minimum atomic E-state index is -4.51. The molecule has 0 aliphatic rings. The van der Waals surface area contributed by atoms with Gasteiger partial charge in [0, 0.05) is 10.9 Å². The number of nitrogens with zero attached hydrogens (tertiary/aromatic N) is 1. The number of benzene rings is 2. The maximum Gasteiger partial charge on any atom is 0.433 e. The number of ether oxygens (including phenoxy) is 1. The van der Waals surface area contributed by atoms with Crippen LogP contribution >= 0.6 is 0 Å². The summed E-state index contributed by atoms with van der Waals surface area (Å²) in [4.78, 5) is 3.78. The minimum absolute atomic E-state index is 0.0507. The molecule has 0 saturated heterocycles. The Bertz CT molecular complexity index is 859. The summed E-state index contributed by atoms with van der Waals surface area (Å²) in [5, 5.41) is 0.667. The molecule has 0 radical (unpaired) electrons. The molecule has 2 aromatic carbocycles. The highest BCUT2D eigenvalue weighted by Crippen LogP contribution is 2.32. The third-order valence-electron chi connectivity index (χ3n) is 3.85. The number of aromatic nitrogens is 1. The monoisotopic (exact) mass is 331 g/mol. The quantitative estimate of drug-likeness (QED) is 0.649. The second kappa shape index (κ2) is 6.61. The number of aryl methyl sites for hydroxylation is 1. The molecule has 5 heteroatoms. The molecule has 1 heterocycles. The number of rotatable bonds is 4. The molecule has 0 aliphatic heterocycles. The molecule has 0 saturated carbocycles. The topological polar surface area (TPSA) is 22.1 Å². The van der Waals surface area contributed by atoms with E-state index in [2.05, 4.69) is 4.98 Å². The maximum absolute atomic E-state index is 13.3. The van der Waals surface area contributed by atoms with Crippen molar-refractivity contribution in [3.63, 3.8) is 0 Å². The van der Waals surface area contributed by atoms with Crippen LogP contribution in [-0.2, 0) is 24.1 Å². The predicted octanol–water partition coefficient (Wildman–Crippen LogP) is 5.28. The zero-order valence-corrected chi connectivity index (χ0v) is 13.1. The fraction of sp³-hybridized carbons (Fsp3) is 0.211. The van der Waals surface area contributed by atoms with E-state index in [0.29, 0.717) is 10.9 Å². The van der Waals surface area contributed by atoms with Gasteiger partial charge in [0.15, 0.2) is 5.69 Å². The van der Waals surface area contributed by atoms with Gasteiger partial charge in [0.2, 0.25) is 0 Å². The molecule has 0 amide bonds. The summed E-state index contributed by atoms with van der Waals surface area (Å²) in [6.07, 6.45) is -4.51. The standard InChI is InChI=1S/C19H16F3NO/c1-13-6-2-3-8-15(13)11-24-12-16-10-14-7-4-5-9-17(14)23-18(16)19(20,21)22/h2-10H,11-12H2,1H3. The van der Waals surface area contributed by atoms with Crippen LogP contribution in [0.15, 0.2) is 54.6 Å². The molecule has 3 rings (SSSR count). The fourth-order valence-corrected chi connectivity index (χ4v) is 2.56. The van der Waals surface area contributed by atoms with Crippen molar-refractivity contribution in [2.45, 2.75) is 26.3 Å². The van der Waals surface area contributed by atoms with Crippen LogP contribution in [0, 0.1) is 6.92 Å². The van der Waals surface area contributed by atoms with E-state index in [1.54, 1.807) is 24.3 Å². The number of para-hydroxylation sites is 1. The lowest BCUT2D eigenvalue weighted by atomic mass is 10.1. The lowest BCUT2D eigenvalue weighted by Gasteiger charge is -2.14. The van der Waals surface area contributed by atoms with Gasteiger partial charge in [0.05, 0.1) is 18.7 Å². The van der Waals surface area contributed by atoms with Gasteiger partial charge in [-0.05, 0) is 30.2 Å². The normalized spacial score (nSPS) is 11.8. The van der Waals surface area contributed by atoms with Crippen LogP contribution in [0.25, 0.3) is 10.9 Å². The summed E-state index contributed by atoms with van der Waals surface area (Å²) in [6, 6.07) is 15.9. The van der Waals surface area contributed by atoms with Crippen LogP contribution in [0.2, 0.25) is 0 Å². The first-order valence-corrected chi connectivity index (χ1v) is 7.53. The van der Waals surface area contributed by atoms with Crippen LogP contribution in [0.1, 0.15) is 22.4 Å². The molecule has 0 spiro atoms. The summed E-state index contributed by atoms with van der Waals surface area (Å²) in [7, 11) is 0. The Labute approximate surface area is 137 Å². The molecule has 3 aromatic rings. The van der Waals surface area contributed by atoms with Crippen LogP contribution < -0.4 is 0 Å². The van der Waals surface area contributed by atoms with Gasteiger partial charge in [-0.25, -0.2) is 4.98 Å². The highest BCUT2D eigenvalue weighted by Gasteiger charge is 2.35. The first kappa shape index (κ1) is 16.5. The lowest BCUT2D eigenvalue weighted by Crippen LogP contribution is -2.13. The molecule has 1 aromatic heterocycles. The Morgan fingerprint density at radius 1 is 0.917 bits per heavy atom. The van der Waals surface area contributed by atoms with Crippen molar-refractivity contribution >= 4 is 10.9 Å². The fourth-order valence-electron chi connectivity index (χ4n) is 2.56. The van der Waals surface area contributed by atoms with Gasteiger partial charge in [-0.15, -0.1) is 0 Å². The predicted molar refractivity (Wildman–Crippen MR) is 86.4 cm³/mol. The summed E-state index contributed by atoms with van der Waals surface area (Å²) in [6.45, 7) is 2.06. The third-order valence-corrected chi connectivity index (χ3v) is 3.85. The van der Waals surface area contributed by atoms with Crippen molar-refractivity contribution in [1.29, 1.82) is 0 Å². The zero-order chi connectivity index (χ0) is 17.2. The maximum atomic E-state index is 13.3. The molecular formula is C19H16F3NO. The Hall–Kier alpha value is -2.40. The number of pyridine rings is 1. The van der Waals surface area contributed by atoms with Gasteiger partial charge >= 0.3 is 6.18 Å². The average molecular weight is 331 g/mol. The van der Waals surface area contributed by atoms with Gasteiger partial charge in [-0.2, -0.15) is 13.2 Å². The first-order valence-electron chi connectivity index (χ1n) is 7.53. The van der Waals surface area contributed by atoms with E-state index < -0.39 is 11.9 Å². The molecule has 0 unspecified atom stereocenters. The third kappa shape index (κ3) is 3.57. The van der Waals surface area contributed by atoms with Gasteiger partial charge < -0.3 is 4.74 Å². The molecular weight excluding hydrogens is 315 g/mol. The van der Waals surface area contributed by atoms with E-state index in [0.717, 1.165) is 11.1 Å². The smallest absolute Gasteiger partial charge is 0.372 e. The Morgan fingerprint density at radius 2 is 1.58 bits per heavy atom. The summed E-state index contributed by atoms with van der Waals surface area (Å²) in [5.41, 5.74) is 1.50. The molecule has 0 N–H and O–H groups in total. The molecule has 124 valence electrons. The molecule has 0 aliphatic carbocycles. The Kier molecular flexibility index (Phi) is 4.53. The highest BCUT2D eigenvalue weighted by molar-refractivity contribution is 5.79. The number of hydrogen-bond donors (Lipinski definition) is 0. The van der Waals surface area contributed by atoms with E-state index in [1.165, 1.54) is 6.07 Å². The zero-order valence-electron chi connectivity index (χ0n) is 13.1. The number of hydrogen-bond acceptors (Lipinski definition) is 2. The summed E-state index contributed by atoms with van der Waals surface area (Å²) in [5.74, 6) is 0. The van der Waals surface area contributed by atoms with Crippen LogP contribution in [0.5, 0.6) is 0 Å². The van der Waals surface area contributed by atoms with Crippen LogP contribution in [-0.4, -0.2) is 4.98 Å². The number of alkyl halides is 3. The van der Waals surface area contributed by atoms with Crippen molar-refractivity contribution < 1.29 is 17.9 Å². The lowest BCUT2D eigenvalue weighted by molar-refractivity contribution is -0.142. The summed E-state index contributed by atoms with van der Waals surface area (Å²) < 4.78 is 45.3. The van der Waals surface area contributed by atoms with Gasteiger partial charge in [-0.3, -0.25) is 0 Å². The van der Waals surface area contributed by atoms with Crippen molar-refractivity contribution in [2.24, 2.45) is 0 Å². The first-order chi connectivity index (χ1) is 11.4. The Morgan fingerprint density at radius 3 is 2.33 bits per heavy atom. The SMILES string of the molecule is Cc1ccccc1COCc1cc2ccccc2nc1C(F)(F)F. The number of fused-ring (bicyclic) bond motifs is 1. The number of halogens is 3. The highest BCUT2D eigenvalue weighted by atomic mass is 19.4. The minimum Gasteiger partial charge on any atom is -0.372 e. The molecule has 2 nitrogen and oxygen atoms in total. The summed E-state index contributed by atoms with van der Waals surface area (Å²) >= 11 is 0. The van der Waals surface area contributed by atoms with E-state index in [-0.39, 0.29) is 18.8 Å². The van der Waals surface area contributed by atoms with E-state index in [9.17, 15) is 13.2 Å². The van der Waals surface area contributed by atoms with Crippen molar-refractivity contribution in [2.75, 3.05) is 0 Å². The van der Waals surface area contributed by atoms with Crippen molar-refractivity contribution in [3.05, 3.63) is 77.0 Å². The molecule has 0 atom stereocenters. The molecule has 0 fully saturated rings. The van der Waals surface area contributed by atoms with E-state index in [4.69, 9.17) is 4.74 Å². The van der Waals surface area contributed by atoms with Gasteiger partial charge in [0.25, 0.3) is 0 Å². The van der Waals surface area contributed by atoms with Crippen LogP contribution in [0.3, 0.4) is 0 Å². The molecule has 0 bridgehead atoms. The van der Waals surface area contributed by atoms with Crippen LogP contribution in [0.4, 0.5) is 13.2 Å². The second-order valence-electron chi connectivity index (χ2n) is 5.61. The van der Waals surface area contributed by atoms with Crippen molar-refractivity contribution in [1.82, 2.24) is 4.98 Å².